The van der Waals surface area contributed by atoms with Crippen LogP contribution >= 0.6 is 11.3 Å². The van der Waals surface area contributed by atoms with Crippen molar-refractivity contribution in [3.05, 3.63) is 15.6 Å². The summed E-state index contributed by atoms with van der Waals surface area (Å²) in [7, 11) is 3.48. The Hall–Kier alpha value is -0.490. The van der Waals surface area contributed by atoms with Crippen LogP contribution in [0.3, 0.4) is 0 Å². The number of hydrogen-bond donors (Lipinski definition) is 1. The maximum Gasteiger partial charge on any atom is 0.122 e. The first-order valence-corrected chi connectivity index (χ1v) is 7.82. The molecule has 4 nitrogen and oxygen atoms in total. The Labute approximate surface area is 119 Å². The number of thiazole rings is 1. The minimum atomic E-state index is 0.126. The van der Waals surface area contributed by atoms with Gasteiger partial charge in [0.1, 0.15) is 11.1 Å². The van der Waals surface area contributed by atoms with Gasteiger partial charge in [0.2, 0.25) is 0 Å². The summed E-state index contributed by atoms with van der Waals surface area (Å²) in [4.78, 5) is 5.83. The molecule has 2 rings (SSSR count). The molecule has 5 heteroatoms. The number of nitrogens with zero attached hydrogens (tertiary/aromatic N) is 1. The van der Waals surface area contributed by atoms with E-state index in [1.165, 1.54) is 32.1 Å². The lowest BCUT2D eigenvalue weighted by Crippen LogP contribution is -2.17. The molecule has 1 heterocycles. The summed E-state index contributed by atoms with van der Waals surface area (Å²) in [5.74, 6) is 0.603. The van der Waals surface area contributed by atoms with E-state index in [4.69, 9.17) is 20.2 Å². The molecule has 0 amide bonds. The van der Waals surface area contributed by atoms with E-state index in [-0.39, 0.29) is 6.10 Å². The fraction of sp³-hybridized carbons (Fsp3) is 0.786. The van der Waals surface area contributed by atoms with E-state index in [0.29, 0.717) is 19.1 Å². The van der Waals surface area contributed by atoms with Crippen molar-refractivity contribution in [2.75, 3.05) is 14.2 Å². The molecule has 0 saturated heterocycles. The molecule has 0 bridgehead atoms. The van der Waals surface area contributed by atoms with Crippen LogP contribution in [0.15, 0.2) is 0 Å². The first-order valence-electron chi connectivity index (χ1n) is 7.00. The van der Waals surface area contributed by atoms with Crippen LogP contribution in [0.2, 0.25) is 0 Å². The zero-order chi connectivity index (χ0) is 13.7. The van der Waals surface area contributed by atoms with Crippen molar-refractivity contribution in [2.45, 2.75) is 51.4 Å². The third-order valence-electron chi connectivity index (χ3n) is 3.84. The summed E-state index contributed by atoms with van der Waals surface area (Å²) >= 11 is 1.68. The highest BCUT2D eigenvalue weighted by molar-refractivity contribution is 7.11. The highest BCUT2D eigenvalue weighted by Gasteiger charge is 2.28. The van der Waals surface area contributed by atoms with E-state index in [2.05, 4.69) is 0 Å². The molecule has 1 aliphatic rings. The van der Waals surface area contributed by atoms with E-state index in [0.717, 1.165) is 15.6 Å². The molecule has 19 heavy (non-hydrogen) atoms. The van der Waals surface area contributed by atoms with E-state index in [1.54, 1.807) is 25.6 Å². The van der Waals surface area contributed by atoms with Gasteiger partial charge in [-0.05, 0) is 18.8 Å². The van der Waals surface area contributed by atoms with Gasteiger partial charge in [0.05, 0.1) is 12.3 Å². The lowest BCUT2D eigenvalue weighted by molar-refractivity contribution is 0.0349. The fourth-order valence-electron chi connectivity index (χ4n) is 2.87. The first-order chi connectivity index (χ1) is 9.30. The zero-order valence-corrected chi connectivity index (χ0v) is 12.7. The van der Waals surface area contributed by atoms with Crippen LogP contribution in [0.4, 0.5) is 0 Å². The third kappa shape index (κ3) is 3.54. The van der Waals surface area contributed by atoms with Crippen LogP contribution < -0.4 is 5.73 Å². The molecule has 2 N–H and O–H groups in total. The van der Waals surface area contributed by atoms with E-state index >= 15 is 0 Å². The lowest BCUT2D eigenvalue weighted by Gasteiger charge is -2.27. The summed E-state index contributed by atoms with van der Waals surface area (Å²) < 4.78 is 10.9. The van der Waals surface area contributed by atoms with E-state index in [9.17, 15) is 0 Å². The van der Waals surface area contributed by atoms with Crippen molar-refractivity contribution in [1.82, 2.24) is 4.98 Å². The Morgan fingerprint density at radius 3 is 2.63 bits per heavy atom. The maximum absolute atomic E-state index is 5.79. The summed E-state index contributed by atoms with van der Waals surface area (Å²) in [5, 5.41) is 1.07. The van der Waals surface area contributed by atoms with Gasteiger partial charge in [-0.25, -0.2) is 4.98 Å². The summed E-state index contributed by atoms with van der Waals surface area (Å²) in [5.41, 5.74) is 6.76. The number of aromatic nitrogens is 1. The van der Waals surface area contributed by atoms with Gasteiger partial charge >= 0.3 is 0 Å². The Morgan fingerprint density at radius 2 is 2.05 bits per heavy atom. The molecule has 1 aromatic heterocycles. The first kappa shape index (κ1) is 14.9. The van der Waals surface area contributed by atoms with Crippen LogP contribution in [-0.2, 0) is 22.6 Å². The maximum atomic E-state index is 5.79. The van der Waals surface area contributed by atoms with Crippen LogP contribution in [0.25, 0.3) is 0 Å². The number of nitrogens with two attached hydrogens (primary N) is 1. The SMILES string of the molecule is COCc1nc(C(OC)C2CCCCC2)sc1CN. The van der Waals surface area contributed by atoms with Gasteiger partial charge in [0.15, 0.2) is 0 Å². The minimum Gasteiger partial charge on any atom is -0.378 e. The fourth-order valence-corrected chi connectivity index (χ4v) is 3.98. The second kappa shape index (κ2) is 7.33. The predicted molar refractivity (Wildman–Crippen MR) is 77.0 cm³/mol. The number of methoxy groups -OCH3 is 2. The van der Waals surface area contributed by atoms with Crippen LogP contribution in [0, 0.1) is 5.92 Å². The van der Waals surface area contributed by atoms with Crippen molar-refractivity contribution in [1.29, 1.82) is 0 Å². The number of ether oxygens (including phenoxy) is 2. The molecule has 1 fully saturated rings. The van der Waals surface area contributed by atoms with Crippen molar-refractivity contribution >= 4 is 11.3 Å². The average Bonchev–Trinajstić information content (AvgIpc) is 2.84. The molecule has 1 saturated carbocycles. The standard InChI is InChI=1S/C14H24N2O2S/c1-17-9-11-12(8-15)19-14(16-11)13(18-2)10-6-4-3-5-7-10/h10,13H,3-9,15H2,1-2H3. The topological polar surface area (TPSA) is 57.4 Å². The highest BCUT2D eigenvalue weighted by Crippen LogP contribution is 2.38. The second-order valence-electron chi connectivity index (χ2n) is 5.11. The van der Waals surface area contributed by atoms with Crippen molar-refractivity contribution in [3.8, 4) is 0 Å². The van der Waals surface area contributed by atoms with E-state index in [1.807, 2.05) is 0 Å². The van der Waals surface area contributed by atoms with Crippen LogP contribution in [0.5, 0.6) is 0 Å². The van der Waals surface area contributed by atoms with Crippen molar-refractivity contribution in [2.24, 2.45) is 11.7 Å². The summed E-state index contributed by atoms with van der Waals surface area (Å²) in [6.45, 7) is 1.06. The molecule has 0 radical (unpaired) electrons. The molecular formula is C14H24N2O2S. The Balaban J connectivity index is 2.17. The molecular weight excluding hydrogens is 260 g/mol. The predicted octanol–water partition coefficient (Wildman–Crippen LogP) is 3.02. The summed E-state index contributed by atoms with van der Waals surface area (Å²) in [6.07, 6.45) is 6.59. The molecule has 1 aromatic rings. The van der Waals surface area contributed by atoms with Crippen molar-refractivity contribution < 1.29 is 9.47 Å². The normalized spacial score (nSPS) is 18.7. The average molecular weight is 284 g/mol. The highest BCUT2D eigenvalue weighted by atomic mass is 32.1. The number of rotatable bonds is 6. The molecule has 0 spiro atoms. The van der Waals surface area contributed by atoms with Crippen LogP contribution in [-0.4, -0.2) is 19.2 Å². The second-order valence-corrected chi connectivity index (χ2v) is 6.23. The van der Waals surface area contributed by atoms with Gasteiger partial charge in [-0.2, -0.15) is 0 Å². The van der Waals surface area contributed by atoms with Crippen molar-refractivity contribution in [3.63, 3.8) is 0 Å². The van der Waals surface area contributed by atoms with Gasteiger partial charge in [-0.15, -0.1) is 11.3 Å². The third-order valence-corrected chi connectivity index (χ3v) is 5.02. The molecule has 1 unspecified atom stereocenters. The molecule has 108 valence electrons. The smallest absolute Gasteiger partial charge is 0.122 e. The van der Waals surface area contributed by atoms with Gasteiger partial charge in [0.25, 0.3) is 0 Å². The molecule has 0 aliphatic heterocycles. The zero-order valence-electron chi connectivity index (χ0n) is 11.9. The largest absolute Gasteiger partial charge is 0.378 e. The van der Waals surface area contributed by atoms with Gasteiger partial charge in [-0.1, -0.05) is 19.3 Å². The summed E-state index contributed by atoms with van der Waals surface area (Å²) in [6, 6.07) is 0. The Morgan fingerprint density at radius 1 is 1.32 bits per heavy atom. The molecule has 0 aromatic carbocycles. The van der Waals surface area contributed by atoms with Gasteiger partial charge in [-0.3, -0.25) is 0 Å². The quantitative estimate of drug-likeness (QED) is 0.872. The molecule has 1 aliphatic carbocycles. The Kier molecular flexibility index (Phi) is 5.76. The monoisotopic (exact) mass is 284 g/mol. The van der Waals surface area contributed by atoms with Gasteiger partial charge < -0.3 is 15.2 Å². The lowest BCUT2D eigenvalue weighted by atomic mass is 9.85. The minimum absolute atomic E-state index is 0.126. The molecule has 1 atom stereocenters. The number of hydrogen-bond acceptors (Lipinski definition) is 5. The van der Waals surface area contributed by atoms with E-state index < -0.39 is 0 Å². The van der Waals surface area contributed by atoms with Crippen LogP contribution in [0.1, 0.15) is 53.8 Å². The Bertz CT molecular complexity index is 389. The van der Waals surface area contributed by atoms with Gasteiger partial charge in [0, 0.05) is 25.6 Å².